The zero-order chi connectivity index (χ0) is 10.3. The van der Waals surface area contributed by atoms with E-state index in [9.17, 15) is 13.2 Å². The first-order chi connectivity index (χ1) is 6.50. The summed E-state index contributed by atoms with van der Waals surface area (Å²) < 4.78 is 38.2. The molecule has 0 aromatic carbocycles. The van der Waals surface area contributed by atoms with Gasteiger partial charge in [0.05, 0.1) is 0 Å². The van der Waals surface area contributed by atoms with E-state index in [4.69, 9.17) is 0 Å². The first-order valence-corrected chi connectivity index (χ1v) is 4.30. The van der Waals surface area contributed by atoms with E-state index in [0.717, 1.165) is 12.8 Å². The average molecular weight is 202 g/mol. The number of hydrogen-bond acceptors (Lipinski definition) is 2. The highest BCUT2D eigenvalue weighted by Gasteiger charge is 2.38. The lowest BCUT2D eigenvalue weighted by atomic mass is 10.3. The number of anilines is 1. The number of halogens is 3. The summed E-state index contributed by atoms with van der Waals surface area (Å²) in [5.74, 6) is -3.63. The first kappa shape index (κ1) is 9.30. The highest BCUT2D eigenvalue weighted by Crippen LogP contribution is 2.38. The molecular weight excluding hydrogens is 193 g/mol. The van der Waals surface area contributed by atoms with Gasteiger partial charge in [-0.25, -0.2) is 8.78 Å². The molecule has 0 amide bonds. The minimum absolute atomic E-state index is 0.210. The fourth-order valence-corrected chi connectivity index (χ4v) is 1.13. The van der Waals surface area contributed by atoms with E-state index in [1.165, 1.54) is 0 Å². The average Bonchev–Trinajstić information content (AvgIpc) is 2.80. The van der Waals surface area contributed by atoms with Crippen LogP contribution in [0.3, 0.4) is 0 Å². The quantitative estimate of drug-likeness (QED) is 0.745. The van der Waals surface area contributed by atoms with Crippen molar-refractivity contribution in [2.75, 3.05) is 5.32 Å². The molecule has 0 unspecified atom stereocenters. The third-order valence-corrected chi connectivity index (χ3v) is 2.31. The van der Waals surface area contributed by atoms with Gasteiger partial charge in [0.1, 0.15) is 0 Å². The Morgan fingerprint density at radius 1 is 1.29 bits per heavy atom. The molecule has 1 aliphatic rings. The van der Waals surface area contributed by atoms with Gasteiger partial charge in [0, 0.05) is 11.6 Å². The standard InChI is InChI=1S/C9H9F3N2/c1-9(2-3-9)14-8-6(11)4-5(10)7(12)13-8/h4H,2-3H2,1H3,(H,13,14). The molecule has 1 aromatic heterocycles. The topological polar surface area (TPSA) is 24.9 Å². The maximum atomic E-state index is 13.1. The third-order valence-electron chi connectivity index (χ3n) is 2.31. The highest BCUT2D eigenvalue weighted by molar-refractivity contribution is 5.41. The van der Waals surface area contributed by atoms with Crippen LogP contribution in [0.1, 0.15) is 19.8 Å². The summed E-state index contributed by atoms with van der Waals surface area (Å²) in [6, 6.07) is 0.496. The van der Waals surface area contributed by atoms with Gasteiger partial charge >= 0.3 is 0 Å². The van der Waals surface area contributed by atoms with Crippen molar-refractivity contribution in [2.24, 2.45) is 0 Å². The number of hydrogen-bond donors (Lipinski definition) is 1. The van der Waals surface area contributed by atoms with Crippen molar-refractivity contribution in [3.05, 3.63) is 23.6 Å². The van der Waals surface area contributed by atoms with Gasteiger partial charge in [-0.05, 0) is 19.8 Å². The Bertz CT molecular complexity index is 375. The second-order valence-electron chi connectivity index (χ2n) is 3.78. The summed E-state index contributed by atoms with van der Waals surface area (Å²) in [7, 11) is 0. The lowest BCUT2D eigenvalue weighted by Crippen LogP contribution is -2.18. The van der Waals surface area contributed by atoms with E-state index in [0.29, 0.717) is 6.07 Å². The van der Waals surface area contributed by atoms with E-state index in [1.807, 2.05) is 6.92 Å². The van der Waals surface area contributed by atoms with E-state index >= 15 is 0 Å². The summed E-state index contributed by atoms with van der Waals surface area (Å²) >= 11 is 0. The number of pyridine rings is 1. The van der Waals surface area contributed by atoms with E-state index in [-0.39, 0.29) is 11.4 Å². The number of nitrogens with one attached hydrogen (secondary N) is 1. The number of aromatic nitrogens is 1. The van der Waals surface area contributed by atoms with Crippen molar-refractivity contribution in [1.29, 1.82) is 0 Å². The van der Waals surface area contributed by atoms with Crippen LogP contribution in [-0.2, 0) is 0 Å². The van der Waals surface area contributed by atoms with Gasteiger partial charge in [-0.1, -0.05) is 0 Å². The Hall–Kier alpha value is -1.26. The largest absolute Gasteiger partial charge is 0.362 e. The monoisotopic (exact) mass is 202 g/mol. The fourth-order valence-electron chi connectivity index (χ4n) is 1.13. The summed E-state index contributed by atoms with van der Waals surface area (Å²) in [6.45, 7) is 1.87. The molecule has 1 heterocycles. The molecule has 0 aliphatic heterocycles. The van der Waals surface area contributed by atoms with Crippen LogP contribution in [-0.4, -0.2) is 10.5 Å². The zero-order valence-electron chi connectivity index (χ0n) is 7.57. The van der Waals surface area contributed by atoms with Crippen molar-refractivity contribution in [3.8, 4) is 0 Å². The van der Waals surface area contributed by atoms with Crippen molar-refractivity contribution in [1.82, 2.24) is 4.98 Å². The smallest absolute Gasteiger partial charge is 0.251 e. The van der Waals surface area contributed by atoms with Crippen LogP contribution in [0.2, 0.25) is 0 Å². The van der Waals surface area contributed by atoms with Gasteiger partial charge in [-0.2, -0.15) is 9.37 Å². The van der Waals surface area contributed by atoms with Gasteiger partial charge < -0.3 is 5.32 Å². The maximum absolute atomic E-state index is 13.1. The Morgan fingerprint density at radius 3 is 2.50 bits per heavy atom. The lowest BCUT2D eigenvalue weighted by Gasteiger charge is -2.12. The van der Waals surface area contributed by atoms with Crippen LogP contribution in [0.25, 0.3) is 0 Å². The fraction of sp³-hybridized carbons (Fsp3) is 0.444. The Kier molecular flexibility index (Phi) is 1.90. The minimum atomic E-state index is -1.28. The maximum Gasteiger partial charge on any atom is 0.251 e. The molecule has 1 fully saturated rings. The molecule has 0 atom stereocenters. The molecule has 2 nitrogen and oxygen atoms in total. The molecule has 2 rings (SSSR count). The van der Waals surface area contributed by atoms with Crippen molar-refractivity contribution >= 4 is 5.82 Å². The Balaban J connectivity index is 2.29. The normalized spacial score (nSPS) is 18.0. The van der Waals surface area contributed by atoms with Crippen molar-refractivity contribution in [3.63, 3.8) is 0 Å². The molecule has 1 saturated carbocycles. The molecule has 1 N–H and O–H groups in total. The van der Waals surface area contributed by atoms with Crippen LogP contribution < -0.4 is 5.32 Å². The van der Waals surface area contributed by atoms with Gasteiger partial charge in [0.25, 0.3) is 5.95 Å². The molecule has 0 saturated heterocycles. The molecule has 0 spiro atoms. The predicted octanol–water partition coefficient (Wildman–Crippen LogP) is 2.46. The Morgan fingerprint density at radius 2 is 1.93 bits per heavy atom. The van der Waals surface area contributed by atoms with Crippen LogP contribution >= 0.6 is 0 Å². The Labute approximate surface area is 79.2 Å². The number of nitrogens with zero attached hydrogens (tertiary/aromatic N) is 1. The molecule has 1 aromatic rings. The summed E-state index contributed by atoms with van der Waals surface area (Å²) in [5, 5.41) is 2.74. The minimum Gasteiger partial charge on any atom is -0.362 e. The second-order valence-corrected chi connectivity index (χ2v) is 3.78. The molecular formula is C9H9F3N2. The van der Waals surface area contributed by atoms with Crippen LogP contribution in [0.5, 0.6) is 0 Å². The summed E-state index contributed by atoms with van der Waals surface area (Å²) in [6.07, 6.45) is 1.76. The van der Waals surface area contributed by atoms with Crippen LogP contribution in [0.4, 0.5) is 19.0 Å². The molecule has 14 heavy (non-hydrogen) atoms. The van der Waals surface area contributed by atoms with Crippen molar-refractivity contribution in [2.45, 2.75) is 25.3 Å². The first-order valence-electron chi connectivity index (χ1n) is 4.30. The molecule has 0 bridgehead atoms. The van der Waals surface area contributed by atoms with E-state index < -0.39 is 17.6 Å². The van der Waals surface area contributed by atoms with Gasteiger partial charge in [-0.3, -0.25) is 0 Å². The van der Waals surface area contributed by atoms with E-state index in [1.54, 1.807) is 0 Å². The lowest BCUT2D eigenvalue weighted by molar-refractivity contribution is 0.465. The second kappa shape index (κ2) is 2.87. The van der Waals surface area contributed by atoms with Gasteiger partial charge in [0.15, 0.2) is 17.5 Å². The highest BCUT2D eigenvalue weighted by atomic mass is 19.2. The number of rotatable bonds is 2. The third kappa shape index (κ3) is 1.66. The molecule has 76 valence electrons. The van der Waals surface area contributed by atoms with Gasteiger partial charge in [-0.15, -0.1) is 0 Å². The SMILES string of the molecule is CC1(Nc2nc(F)c(F)cc2F)CC1. The van der Waals surface area contributed by atoms with Gasteiger partial charge in [0.2, 0.25) is 0 Å². The van der Waals surface area contributed by atoms with E-state index in [2.05, 4.69) is 10.3 Å². The molecule has 0 radical (unpaired) electrons. The summed E-state index contributed by atoms with van der Waals surface area (Å²) in [5.41, 5.74) is -0.210. The molecule has 5 heteroatoms. The molecule has 1 aliphatic carbocycles. The van der Waals surface area contributed by atoms with Crippen molar-refractivity contribution < 1.29 is 13.2 Å². The summed E-state index contributed by atoms with van der Waals surface area (Å²) in [4.78, 5) is 3.17. The van der Waals surface area contributed by atoms with Crippen LogP contribution in [0, 0.1) is 17.6 Å². The predicted molar refractivity (Wildman–Crippen MR) is 45.4 cm³/mol. The zero-order valence-corrected chi connectivity index (χ0v) is 7.57. The van der Waals surface area contributed by atoms with Crippen LogP contribution in [0.15, 0.2) is 6.07 Å².